The van der Waals surface area contributed by atoms with E-state index >= 15 is 0 Å². The molecule has 1 aromatic heterocycles. The molecule has 1 atom stereocenters. The third kappa shape index (κ3) is 4.10. The van der Waals surface area contributed by atoms with Crippen molar-refractivity contribution in [2.75, 3.05) is 19.0 Å². The van der Waals surface area contributed by atoms with Crippen LogP contribution in [-0.4, -0.2) is 18.6 Å². The van der Waals surface area contributed by atoms with Crippen LogP contribution in [0.25, 0.3) is 10.8 Å². The van der Waals surface area contributed by atoms with Crippen molar-refractivity contribution < 1.29 is 4.74 Å². The second-order valence-electron chi connectivity index (χ2n) is 5.54. The minimum atomic E-state index is 0.722. The molecule has 2 rings (SSSR count). The molecule has 0 saturated heterocycles. The first kappa shape index (κ1) is 15.6. The Bertz CT molecular complexity index is 568. The highest BCUT2D eigenvalue weighted by Gasteiger charge is 2.08. The maximum atomic E-state index is 5.28. The van der Waals surface area contributed by atoms with Gasteiger partial charge >= 0.3 is 0 Å². The summed E-state index contributed by atoms with van der Waals surface area (Å²) in [6, 6.07) is 8.15. The van der Waals surface area contributed by atoms with Gasteiger partial charge in [0.2, 0.25) is 0 Å². The van der Waals surface area contributed by atoms with Crippen LogP contribution in [-0.2, 0) is 0 Å². The van der Waals surface area contributed by atoms with Crippen molar-refractivity contribution in [2.45, 2.75) is 39.5 Å². The van der Waals surface area contributed by atoms with E-state index in [0.29, 0.717) is 0 Å². The molecule has 1 N–H and O–H groups in total. The van der Waals surface area contributed by atoms with Gasteiger partial charge in [0.1, 0.15) is 11.6 Å². The van der Waals surface area contributed by atoms with Gasteiger partial charge in [-0.2, -0.15) is 0 Å². The Morgan fingerprint density at radius 1 is 1.24 bits per heavy atom. The average Bonchev–Trinajstić information content (AvgIpc) is 2.54. The minimum absolute atomic E-state index is 0.722. The number of anilines is 1. The Hall–Kier alpha value is -1.77. The zero-order valence-corrected chi connectivity index (χ0v) is 13.4. The van der Waals surface area contributed by atoms with E-state index in [1.807, 2.05) is 18.3 Å². The fourth-order valence-electron chi connectivity index (χ4n) is 2.61. The Morgan fingerprint density at radius 2 is 2.10 bits per heavy atom. The maximum Gasteiger partial charge on any atom is 0.133 e. The van der Waals surface area contributed by atoms with E-state index < -0.39 is 0 Å². The summed E-state index contributed by atoms with van der Waals surface area (Å²) in [5, 5.41) is 5.85. The number of nitrogens with zero attached hydrogens (tertiary/aromatic N) is 1. The Labute approximate surface area is 127 Å². The molecule has 3 heteroatoms. The monoisotopic (exact) mass is 286 g/mol. The lowest BCUT2D eigenvalue weighted by atomic mass is 9.99. The molecule has 1 heterocycles. The lowest BCUT2D eigenvalue weighted by molar-refractivity contribution is 0.415. The molecule has 0 saturated carbocycles. The fourth-order valence-corrected chi connectivity index (χ4v) is 2.61. The number of aromatic nitrogens is 1. The van der Waals surface area contributed by atoms with E-state index in [-0.39, 0.29) is 0 Å². The molecule has 2 aromatic rings. The zero-order chi connectivity index (χ0) is 15.1. The first-order valence-electron chi connectivity index (χ1n) is 7.95. The van der Waals surface area contributed by atoms with Crippen LogP contribution in [0.1, 0.15) is 39.5 Å². The molecule has 0 aliphatic carbocycles. The summed E-state index contributed by atoms with van der Waals surface area (Å²) in [6.07, 6.45) is 6.93. The summed E-state index contributed by atoms with van der Waals surface area (Å²) in [6.45, 7) is 5.51. The second-order valence-corrected chi connectivity index (χ2v) is 5.54. The molecule has 0 aliphatic heterocycles. The molecular formula is C18H26N2O. The van der Waals surface area contributed by atoms with Crippen molar-refractivity contribution in [2.24, 2.45) is 5.92 Å². The molecule has 1 aromatic carbocycles. The van der Waals surface area contributed by atoms with Crippen LogP contribution in [0, 0.1) is 5.92 Å². The van der Waals surface area contributed by atoms with Crippen LogP contribution in [0.2, 0.25) is 0 Å². The smallest absolute Gasteiger partial charge is 0.133 e. The van der Waals surface area contributed by atoms with E-state index in [1.165, 1.54) is 25.7 Å². The summed E-state index contributed by atoms with van der Waals surface area (Å²) in [7, 11) is 1.70. The summed E-state index contributed by atoms with van der Waals surface area (Å²) in [5.41, 5.74) is 0. The number of pyridine rings is 1. The number of methoxy groups -OCH3 is 1. The van der Waals surface area contributed by atoms with Crippen LogP contribution >= 0.6 is 0 Å². The molecule has 0 radical (unpaired) electrons. The van der Waals surface area contributed by atoms with Gasteiger partial charge in [0.05, 0.1) is 7.11 Å². The van der Waals surface area contributed by atoms with Gasteiger partial charge in [-0.05, 0) is 42.0 Å². The predicted molar refractivity (Wildman–Crippen MR) is 90.1 cm³/mol. The lowest BCUT2D eigenvalue weighted by Gasteiger charge is -2.16. The number of hydrogen-bond acceptors (Lipinski definition) is 3. The third-order valence-electron chi connectivity index (χ3n) is 4.07. The van der Waals surface area contributed by atoms with Gasteiger partial charge in [-0.1, -0.05) is 33.1 Å². The second kappa shape index (κ2) is 7.87. The van der Waals surface area contributed by atoms with Crippen LogP contribution in [0.3, 0.4) is 0 Å². The highest BCUT2D eigenvalue weighted by atomic mass is 16.5. The highest BCUT2D eigenvalue weighted by Crippen LogP contribution is 2.25. The summed E-state index contributed by atoms with van der Waals surface area (Å²) >= 11 is 0. The van der Waals surface area contributed by atoms with Crippen molar-refractivity contribution in [3.05, 3.63) is 30.5 Å². The number of fused-ring (bicyclic) bond motifs is 1. The molecular weight excluding hydrogens is 260 g/mol. The van der Waals surface area contributed by atoms with E-state index in [4.69, 9.17) is 4.74 Å². The quantitative estimate of drug-likeness (QED) is 0.751. The van der Waals surface area contributed by atoms with Gasteiger partial charge in [-0.3, -0.25) is 0 Å². The molecule has 1 unspecified atom stereocenters. The van der Waals surface area contributed by atoms with Crippen LogP contribution in [0.4, 0.5) is 5.82 Å². The van der Waals surface area contributed by atoms with Crippen LogP contribution in [0.15, 0.2) is 30.5 Å². The van der Waals surface area contributed by atoms with E-state index in [2.05, 4.69) is 36.3 Å². The van der Waals surface area contributed by atoms with Crippen molar-refractivity contribution >= 4 is 16.6 Å². The average molecular weight is 286 g/mol. The fraction of sp³-hybridized carbons (Fsp3) is 0.500. The summed E-state index contributed by atoms with van der Waals surface area (Å²) < 4.78 is 5.28. The third-order valence-corrected chi connectivity index (χ3v) is 4.07. The number of hydrogen-bond donors (Lipinski definition) is 1. The van der Waals surface area contributed by atoms with Crippen molar-refractivity contribution in [1.82, 2.24) is 4.98 Å². The molecule has 0 amide bonds. The first-order chi connectivity index (χ1) is 10.3. The molecule has 0 spiro atoms. The van der Waals surface area contributed by atoms with Crippen molar-refractivity contribution in [3.63, 3.8) is 0 Å². The Balaban J connectivity index is 2.11. The highest BCUT2D eigenvalue weighted by molar-refractivity contribution is 5.92. The number of rotatable bonds is 8. The largest absolute Gasteiger partial charge is 0.497 e. The number of nitrogens with one attached hydrogen (secondary N) is 1. The van der Waals surface area contributed by atoms with E-state index in [9.17, 15) is 0 Å². The van der Waals surface area contributed by atoms with Crippen LogP contribution in [0.5, 0.6) is 5.75 Å². The summed E-state index contributed by atoms with van der Waals surface area (Å²) in [5.74, 6) is 2.58. The van der Waals surface area contributed by atoms with Gasteiger partial charge in [0.25, 0.3) is 0 Å². The zero-order valence-electron chi connectivity index (χ0n) is 13.4. The Kier molecular flexibility index (Phi) is 5.85. The number of benzene rings is 1. The van der Waals surface area contributed by atoms with Gasteiger partial charge in [0.15, 0.2) is 0 Å². The normalized spacial score (nSPS) is 12.3. The predicted octanol–water partition coefficient (Wildman–Crippen LogP) is 4.87. The van der Waals surface area contributed by atoms with Gasteiger partial charge in [0, 0.05) is 18.1 Å². The van der Waals surface area contributed by atoms with Crippen molar-refractivity contribution in [3.8, 4) is 5.75 Å². The molecule has 21 heavy (non-hydrogen) atoms. The first-order valence-corrected chi connectivity index (χ1v) is 7.95. The van der Waals surface area contributed by atoms with Crippen molar-refractivity contribution in [1.29, 1.82) is 0 Å². The molecule has 0 aliphatic rings. The summed E-state index contributed by atoms with van der Waals surface area (Å²) in [4.78, 5) is 4.50. The number of ether oxygens (including phenoxy) is 1. The van der Waals surface area contributed by atoms with Crippen LogP contribution < -0.4 is 10.1 Å². The molecule has 114 valence electrons. The molecule has 0 fully saturated rings. The number of unbranched alkanes of at least 4 members (excludes halogenated alkanes) is 1. The molecule has 0 bridgehead atoms. The van der Waals surface area contributed by atoms with E-state index in [1.54, 1.807) is 7.11 Å². The minimum Gasteiger partial charge on any atom is -0.497 e. The van der Waals surface area contributed by atoms with E-state index in [0.717, 1.165) is 34.8 Å². The standard InChI is InChI=1S/C18H26N2O/c1-4-6-7-14(5-2)13-20-18-17-9-8-16(21-3)12-15(17)10-11-19-18/h8-12,14H,4-7,13H2,1-3H3,(H,19,20). The Morgan fingerprint density at radius 3 is 2.81 bits per heavy atom. The van der Waals surface area contributed by atoms with Gasteiger partial charge in [-0.25, -0.2) is 4.98 Å². The maximum absolute atomic E-state index is 5.28. The topological polar surface area (TPSA) is 34.2 Å². The van der Waals surface area contributed by atoms with Gasteiger partial charge < -0.3 is 10.1 Å². The van der Waals surface area contributed by atoms with Gasteiger partial charge in [-0.15, -0.1) is 0 Å². The molecule has 3 nitrogen and oxygen atoms in total. The SMILES string of the molecule is CCCCC(CC)CNc1nccc2cc(OC)ccc12. The lowest BCUT2D eigenvalue weighted by Crippen LogP contribution is -2.14.